The monoisotopic (exact) mass is 431 g/mol. The zero-order valence-electron chi connectivity index (χ0n) is 18.3. The second-order valence-corrected chi connectivity index (χ2v) is 9.13. The minimum Gasteiger partial charge on any atom is -0.319 e. The van der Waals surface area contributed by atoms with Gasteiger partial charge in [0.25, 0.3) is 5.91 Å². The van der Waals surface area contributed by atoms with Crippen molar-refractivity contribution in [2.75, 3.05) is 11.4 Å². The van der Waals surface area contributed by atoms with Gasteiger partial charge in [0.2, 0.25) is 5.91 Å². The van der Waals surface area contributed by atoms with Crippen LogP contribution in [-0.2, 0) is 21.5 Å². The van der Waals surface area contributed by atoms with E-state index in [0.29, 0.717) is 6.42 Å². The third-order valence-electron chi connectivity index (χ3n) is 7.19. The van der Waals surface area contributed by atoms with Gasteiger partial charge in [-0.3, -0.25) is 14.5 Å². The number of para-hydroxylation sites is 1. The summed E-state index contributed by atoms with van der Waals surface area (Å²) in [5.74, 6) is -0.507. The van der Waals surface area contributed by atoms with E-state index in [1.807, 2.05) is 59.5 Å². The normalized spacial score (nSPS) is 23.2. The van der Waals surface area contributed by atoms with Crippen LogP contribution in [0, 0.1) is 0 Å². The first-order valence-corrected chi connectivity index (χ1v) is 11.7. The molecule has 1 saturated heterocycles. The molecule has 1 saturated carbocycles. The van der Waals surface area contributed by atoms with Crippen LogP contribution in [0.4, 0.5) is 10.5 Å². The number of anilines is 1. The smallest absolute Gasteiger partial charge is 0.319 e. The zero-order valence-corrected chi connectivity index (χ0v) is 18.3. The molecule has 0 aromatic heterocycles. The van der Waals surface area contributed by atoms with Gasteiger partial charge in [-0.2, -0.15) is 0 Å². The molecule has 0 bridgehead atoms. The zero-order chi connectivity index (χ0) is 22.1. The van der Waals surface area contributed by atoms with Crippen LogP contribution in [0.1, 0.15) is 56.1 Å². The molecule has 2 aliphatic carbocycles. The second kappa shape index (κ2) is 8.41. The number of hydrogen-bond acceptors (Lipinski definition) is 3. The van der Waals surface area contributed by atoms with Crippen LogP contribution < -0.4 is 10.2 Å². The van der Waals surface area contributed by atoms with E-state index in [4.69, 9.17) is 0 Å². The number of nitrogens with one attached hydrogen (secondary N) is 1. The fourth-order valence-corrected chi connectivity index (χ4v) is 5.65. The summed E-state index contributed by atoms with van der Waals surface area (Å²) >= 11 is 0. The highest BCUT2D eigenvalue weighted by atomic mass is 16.2. The van der Waals surface area contributed by atoms with E-state index in [2.05, 4.69) is 5.32 Å². The SMILES string of the molecule is O=C1NC2(CCCc3ccccc32)C(=O)N1CC(=O)N(c1ccccc1)C1CCCCC1. The maximum atomic E-state index is 13.6. The molecule has 3 aliphatic rings. The van der Waals surface area contributed by atoms with Gasteiger partial charge < -0.3 is 10.2 Å². The van der Waals surface area contributed by atoms with E-state index < -0.39 is 11.6 Å². The number of rotatable bonds is 4. The lowest BCUT2D eigenvalue weighted by Gasteiger charge is -2.35. The Morgan fingerprint density at radius 3 is 2.47 bits per heavy atom. The number of benzene rings is 2. The Morgan fingerprint density at radius 1 is 0.969 bits per heavy atom. The Kier molecular flexibility index (Phi) is 5.45. The van der Waals surface area contributed by atoms with Gasteiger partial charge in [-0.15, -0.1) is 0 Å². The van der Waals surface area contributed by atoms with Crippen LogP contribution in [0.25, 0.3) is 0 Å². The van der Waals surface area contributed by atoms with Crippen molar-refractivity contribution in [3.8, 4) is 0 Å². The van der Waals surface area contributed by atoms with Gasteiger partial charge in [0.1, 0.15) is 12.1 Å². The summed E-state index contributed by atoms with van der Waals surface area (Å²) in [5, 5.41) is 2.96. The summed E-state index contributed by atoms with van der Waals surface area (Å²) < 4.78 is 0. The topological polar surface area (TPSA) is 69.7 Å². The summed E-state index contributed by atoms with van der Waals surface area (Å²) in [7, 11) is 0. The lowest BCUT2D eigenvalue weighted by molar-refractivity contribution is -0.135. The second-order valence-electron chi connectivity index (χ2n) is 9.13. The van der Waals surface area contributed by atoms with Gasteiger partial charge in [-0.1, -0.05) is 61.7 Å². The first-order chi connectivity index (χ1) is 15.6. The number of nitrogens with zero attached hydrogens (tertiary/aromatic N) is 2. The summed E-state index contributed by atoms with van der Waals surface area (Å²) in [5.41, 5.74) is 1.74. The quantitative estimate of drug-likeness (QED) is 0.740. The molecule has 1 aliphatic heterocycles. The Balaban J connectivity index is 1.42. The standard InChI is InChI=1S/C26H29N3O3/c30-23(29(20-12-3-1-4-13-20)21-14-5-2-6-15-21)18-28-24(31)26(27-25(28)32)17-9-11-19-10-7-8-16-22(19)26/h1,3-4,7-8,10,12-13,16,21H,2,5-6,9,11,14-15,17-18H2,(H,27,32). The van der Waals surface area contributed by atoms with Crippen molar-refractivity contribution in [1.29, 1.82) is 0 Å². The Morgan fingerprint density at radius 2 is 1.69 bits per heavy atom. The Hall–Kier alpha value is -3.15. The minimum atomic E-state index is -1.05. The molecule has 32 heavy (non-hydrogen) atoms. The molecule has 2 aromatic rings. The van der Waals surface area contributed by atoms with Gasteiger partial charge in [-0.05, 0) is 55.4 Å². The average molecular weight is 432 g/mol. The van der Waals surface area contributed by atoms with Crippen molar-refractivity contribution < 1.29 is 14.4 Å². The number of hydrogen-bond donors (Lipinski definition) is 1. The molecule has 1 N–H and O–H groups in total. The number of aryl methyl sites for hydroxylation is 1. The lowest BCUT2D eigenvalue weighted by Crippen LogP contribution is -2.49. The van der Waals surface area contributed by atoms with E-state index in [0.717, 1.165) is 60.2 Å². The number of carbonyl (C=O) groups excluding carboxylic acids is 3. The van der Waals surface area contributed by atoms with Crippen LogP contribution in [0.15, 0.2) is 54.6 Å². The molecule has 0 radical (unpaired) electrons. The summed E-state index contributed by atoms with van der Waals surface area (Å²) in [6, 6.07) is 17.0. The van der Waals surface area contributed by atoms with Crippen molar-refractivity contribution in [2.24, 2.45) is 0 Å². The fourth-order valence-electron chi connectivity index (χ4n) is 5.65. The van der Waals surface area contributed by atoms with Gasteiger partial charge in [0.15, 0.2) is 0 Å². The van der Waals surface area contributed by atoms with Crippen LogP contribution in [0.5, 0.6) is 0 Å². The molecule has 2 fully saturated rings. The predicted molar refractivity (Wildman–Crippen MR) is 122 cm³/mol. The molecule has 166 valence electrons. The molecule has 1 spiro atoms. The van der Waals surface area contributed by atoms with Crippen molar-refractivity contribution in [3.63, 3.8) is 0 Å². The average Bonchev–Trinajstić information content (AvgIpc) is 3.05. The van der Waals surface area contributed by atoms with Crippen molar-refractivity contribution in [3.05, 3.63) is 65.7 Å². The molecule has 2 aromatic carbocycles. The molecule has 4 amide bonds. The Labute approximate surface area is 188 Å². The number of amides is 4. The van der Waals surface area contributed by atoms with Gasteiger partial charge in [0.05, 0.1) is 0 Å². The molecular weight excluding hydrogens is 402 g/mol. The van der Waals surface area contributed by atoms with Crippen LogP contribution in [-0.4, -0.2) is 35.3 Å². The van der Waals surface area contributed by atoms with Crippen molar-refractivity contribution in [1.82, 2.24) is 10.2 Å². The summed E-state index contributed by atoms with van der Waals surface area (Å²) in [4.78, 5) is 43.1. The largest absolute Gasteiger partial charge is 0.325 e. The van der Waals surface area contributed by atoms with E-state index in [1.54, 1.807) is 0 Å². The number of imide groups is 1. The molecular formula is C26H29N3O3. The summed E-state index contributed by atoms with van der Waals surface area (Å²) in [6.07, 6.45) is 7.52. The molecule has 1 heterocycles. The predicted octanol–water partition coefficient (Wildman–Crippen LogP) is 4.14. The first-order valence-electron chi connectivity index (χ1n) is 11.7. The molecule has 1 atom stereocenters. The van der Waals surface area contributed by atoms with Crippen LogP contribution in [0.2, 0.25) is 0 Å². The van der Waals surface area contributed by atoms with E-state index in [-0.39, 0.29) is 24.4 Å². The highest BCUT2D eigenvalue weighted by Gasteiger charge is 2.54. The third kappa shape index (κ3) is 3.48. The summed E-state index contributed by atoms with van der Waals surface area (Å²) in [6.45, 7) is -0.236. The molecule has 5 rings (SSSR count). The first kappa shape index (κ1) is 20.7. The third-order valence-corrected chi connectivity index (χ3v) is 7.19. The molecule has 1 unspecified atom stereocenters. The van der Waals surface area contributed by atoms with E-state index >= 15 is 0 Å². The van der Waals surface area contributed by atoms with E-state index in [9.17, 15) is 14.4 Å². The van der Waals surface area contributed by atoms with Crippen molar-refractivity contribution in [2.45, 2.75) is 62.9 Å². The lowest BCUT2D eigenvalue weighted by atomic mass is 9.76. The highest BCUT2D eigenvalue weighted by Crippen LogP contribution is 2.40. The van der Waals surface area contributed by atoms with Crippen molar-refractivity contribution >= 4 is 23.5 Å². The van der Waals surface area contributed by atoms with Crippen LogP contribution in [0.3, 0.4) is 0 Å². The number of urea groups is 1. The van der Waals surface area contributed by atoms with Gasteiger partial charge in [0, 0.05) is 11.7 Å². The number of fused-ring (bicyclic) bond motifs is 2. The maximum absolute atomic E-state index is 13.6. The Bertz CT molecular complexity index is 1030. The highest BCUT2D eigenvalue weighted by molar-refractivity contribution is 6.11. The van der Waals surface area contributed by atoms with Gasteiger partial charge in [-0.25, -0.2) is 4.79 Å². The molecule has 6 nitrogen and oxygen atoms in total. The minimum absolute atomic E-state index is 0.101. The van der Waals surface area contributed by atoms with E-state index in [1.165, 1.54) is 6.42 Å². The maximum Gasteiger partial charge on any atom is 0.325 e. The molecule has 6 heteroatoms. The number of carbonyl (C=O) groups is 3. The van der Waals surface area contributed by atoms with Gasteiger partial charge >= 0.3 is 6.03 Å². The fraction of sp³-hybridized carbons (Fsp3) is 0.423. The van der Waals surface area contributed by atoms with Crippen LogP contribution >= 0.6 is 0 Å².